The van der Waals surface area contributed by atoms with E-state index >= 15 is 0 Å². The zero-order valence-electron chi connectivity index (χ0n) is 17.1. The van der Waals surface area contributed by atoms with Crippen LogP contribution >= 0.6 is 0 Å². The zero-order chi connectivity index (χ0) is 22.7. The third-order valence-electron chi connectivity index (χ3n) is 4.38. The maximum absolute atomic E-state index is 13.2. The van der Waals surface area contributed by atoms with Crippen molar-refractivity contribution in [3.8, 4) is 22.9 Å². The summed E-state index contributed by atoms with van der Waals surface area (Å²) in [6.07, 6.45) is 0. The molecular formula is C20H19FN4O6. The van der Waals surface area contributed by atoms with Gasteiger partial charge in [-0.25, -0.2) is 9.18 Å². The van der Waals surface area contributed by atoms with Gasteiger partial charge in [0.2, 0.25) is 11.4 Å². The Kier molecular flexibility index (Phi) is 6.05. The molecular weight excluding hydrogens is 411 g/mol. The van der Waals surface area contributed by atoms with E-state index in [-0.39, 0.29) is 22.9 Å². The first-order valence-corrected chi connectivity index (χ1v) is 8.88. The van der Waals surface area contributed by atoms with Crippen LogP contribution in [0.25, 0.3) is 5.69 Å². The van der Waals surface area contributed by atoms with Crippen molar-refractivity contribution in [1.29, 1.82) is 0 Å². The lowest BCUT2D eigenvalue weighted by Crippen LogP contribution is -2.43. The standard InChI is InChI=1S/C20H19FN4O6/c1-24-19(27)16(23-25(20(24)28)13-7-5-11(21)6-8-13)18(26)22-12-9-14(29-2)17(31-4)15(10-12)30-3/h5-10H,1-4H3,(H,22,26). The maximum atomic E-state index is 13.2. The Morgan fingerprint density at radius 3 is 2.10 bits per heavy atom. The molecule has 162 valence electrons. The fourth-order valence-electron chi connectivity index (χ4n) is 2.81. The van der Waals surface area contributed by atoms with Gasteiger partial charge in [0, 0.05) is 24.9 Å². The molecule has 0 aliphatic rings. The number of nitrogens with one attached hydrogen (secondary N) is 1. The van der Waals surface area contributed by atoms with Crippen molar-refractivity contribution in [3.05, 3.63) is 68.7 Å². The first-order chi connectivity index (χ1) is 14.8. The molecule has 11 heteroatoms. The fraction of sp³-hybridized carbons (Fsp3) is 0.200. The normalized spacial score (nSPS) is 10.5. The largest absolute Gasteiger partial charge is 0.493 e. The number of carbonyl (C=O) groups excluding carboxylic acids is 1. The molecule has 3 rings (SSSR count). The Bertz CT molecular complexity index is 1230. The van der Waals surface area contributed by atoms with Gasteiger partial charge in [-0.15, -0.1) is 0 Å². The summed E-state index contributed by atoms with van der Waals surface area (Å²) in [5, 5.41) is 6.43. The van der Waals surface area contributed by atoms with Crippen LogP contribution in [0.3, 0.4) is 0 Å². The van der Waals surface area contributed by atoms with Crippen molar-refractivity contribution in [2.45, 2.75) is 0 Å². The van der Waals surface area contributed by atoms with Crippen LogP contribution in [-0.4, -0.2) is 41.6 Å². The van der Waals surface area contributed by atoms with Crippen LogP contribution in [0.1, 0.15) is 10.5 Å². The maximum Gasteiger partial charge on any atom is 0.351 e. The molecule has 0 aliphatic heterocycles. The molecule has 31 heavy (non-hydrogen) atoms. The van der Waals surface area contributed by atoms with Gasteiger partial charge in [-0.3, -0.25) is 14.2 Å². The van der Waals surface area contributed by atoms with Gasteiger partial charge in [-0.2, -0.15) is 9.78 Å². The van der Waals surface area contributed by atoms with E-state index in [1.807, 2.05) is 0 Å². The highest BCUT2D eigenvalue weighted by Gasteiger charge is 2.21. The Balaban J connectivity index is 2.05. The van der Waals surface area contributed by atoms with Crippen LogP contribution in [0.5, 0.6) is 17.2 Å². The minimum Gasteiger partial charge on any atom is -0.493 e. The highest BCUT2D eigenvalue weighted by Crippen LogP contribution is 2.39. The van der Waals surface area contributed by atoms with E-state index in [1.54, 1.807) is 0 Å². The SMILES string of the molecule is COc1cc(NC(=O)c2nn(-c3ccc(F)cc3)c(=O)n(C)c2=O)cc(OC)c1OC. The number of benzene rings is 2. The van der Waals surface area contributed by atoms with Crippen LogP contribution in [0.2, 0.25) is 0 Å². The molecule has 1 heterocycles. The number of carbonyl (C=O) groups is 1. The number of anilines is 1. The Morgan fingerprint density at radius 2 is 1.58 bits per heavy atom. The van der Waals surface area contributed by atoms with Gasteiger partial charge in [0.15, 0.2) is 11.5 Å². The first-order valence-electron chi connectivity index (χ1n) is 8.88. The number of rotatable bonds is 6. The third-order valence-corrected chi connectivity index (χ3v) is 4.38. The number of hydrogen-bond donors (Lipinski definition) is 1. The van der Waals surface area contributed by atoms with E-state index in [9.17, 15) is 18.8 Å². The molecule has 0 aliphatic carbocycles. The van der Waals surface area contributed by atoms with Crippen LogP contribution in [0.4, 0.5) is 10.1 Å². The number of halogens is 1. The highest BCUT2D eigenvalue weighted by atomic mass is 19.1. The Labute approximate surface area is 175 Å². The summed E-state index contributed by atoms with van der Waals surface area (Å²) >= 11 is 0. The molecule has 0 atom stereocenters. The number of methoxy groups -OCH3 is 3. The quantitative estimate of drug-likeness (QED) is 0.628. The lowest BCUT2D eigenvalue weighted by Gasteiger charge is -2.14. The number of amides is 1. The lowest BCUT2D eigenvalue weighted by atomic mass is 10.2. The summed E-state index contributed by atoms with van der Waals surface area (Å²) in [5.74, 6) is -0.488. The van der Waals surface area contributed by atoms with Gasteiger partial charge in [0.05, 0.1) is 27.0 Å². The minimum atomic E-state index is -0.895. The summed E-state index contributed by atoms with van der Waals surface area (Å²) in [5.41, 5.74) is -1.80. The van der Waals surface area contributed by atoms with Crippen molar-refractivity contribution in [2.75, 3.05) is 26.6 Å². The average molecular weight is 430 g/mol. The van der Waals surface area contributed by atoms with Crippen molar-refractivity contribution in [2.24, 2.45) is 7.05 Å². The molecule has 0 bridgehead atoms. The van der Waals surface area contributed by atoms with Crippen LogP contribution < -0.4 is 30.8 Å². The van der Waals surface area contributed by atoms with Gasteiger partial charge in [-0.1, -0.05) is 0 Å². The molecule has 10 nitrogen and oxygen atoms in total. The Hall–Kier alpha value is -4.15. The molecule has 0 fully saturated rings. The van der Waals surface area contributed by atoms with Crippen LogP contribution in [0.15, 0.2) is 46.0 Å². The molecule has 0 radical (unpaired) electrons. The highest BCUT2D eigenvalue weighted by molar-refractivity contribution is 6.02. The second-order valence-electron chi connectivity index (χ2n) is 6.25. The van der Waals surface area contributed by atoms with Crippen LogP contribution in [-0.2, 0) is 7.05 Å². The van der Waals surface area contributed by atoms with Crippen molar-refractivity contribution < 1.29 is 23.4 Å². The van der Waals surface area contributed by atoms with Crippen LogP contribution in [0, 0.1) is 5.82 Å². The molecule has 1 amide bonds. The zero-order valence-corrected chi connectivity index (χ0v) is 17.1. The second-order valence-corrected chi connectivity index (χ2v) is 6.25. The van der Waals surface area contributed by atoms with E-state index in [4.69, 9.17) is 14.2 Å². The topological polar surface area (TPSA) is 114 Å². The van der Waals surface area contributed by atoms with Crippen molar-refractivity contribution >= 4 is 11.6 Å². The van der Waals surface area contributed by atoms with Gasteiger partial charge in [-0.05, 0) is 24.3 Å². The summed E-state index contributed by atoms with van der Waals surface area (Å²) in [7, 11) is 5.48. The molecule has 0 unspecified atom stereocenters. The summed E-state index contributed by atoms with van der Waals surface area (Å²) in [6, 6.07) is 7.80. The van der Waals surface area contributed by atoms with E-state index in [0.29, 0.717) is 5.75 Å². The summed E-state index contributed by atoms with van der Waals surface area (Å²) in [6.45, 7) is 0. The van der Waals surface area contributed by atoms with Gasteiger partial charge < -0.3 is 19.5 Å². The summed E-state index contributed by atoms with van der Waals surface area (Å²) in [4.78, 5) is 37.8. The van der Waals surface area contributed by atoms with E-state index in [0.717, 1.165) is 21.4 Å². The lowest BCUT2D eigenvalue weighted by molar-refractivity contribution is 0.101. The molecule has 3 aromatic rings. The number of ether oxygens (including phenoxy) is 3. The predicted octanol–water partition coefficient (Wildman–Crippen LogP) is 1.35. The Morgan fingerprint density at radius 1 is 1.00 bits per heavy atom. The van der Waals surface area contributed by atoms with E-state index < -0.39 is 28.7 Å². The summed E-state index contributed by atoms with van der Waals surface area (Å²) < 4.78 is 30.5. The molecule has 2 aromatic carbocycles. The average Bonchev–Trinajstić information content (AvgIpc) is 2.77. The van der Waals surface area contributed by atoms with Crippen molar-refractivity contribution in [1.82, 2.24) is 14.3 Å². The van der Waals surface area contributed by atoms with Crippen molar-refractivity contribution in [3.63, 3.8) is 0 Å². The van der Waals surface area contributed by atoms with E-state index in [2.05, 4.69) is 10.4 Å². The second kappa shape index (κ2) is 8.69. The fourth-order valence-corrected chi connectivity index (χ4v) is 2.81. The first kappa shape index (κ1) is 21.6. The molecule has 1 N–H and O–H groups in total. The molecule has 1 aromatic heterocycles. The minimum absolute atomic E-state index is 0.184. The predicted molar refractivity (Wildman–Crippen MR) is 109 cm³/mol. The van der Waals surface area contributed by atoms with Gasteiger partial charge >= 0.3 is 5.69 Å². The molecule has 0 saturated carbocycles. The smallest absolute Gasteiger partial charge is 0.351 e. The van der Waals surface area contributed by atoms with Gasteiger partial charge in [0.25, 0.3) is 11.5 Å². The third kappa shape index (κ3) is 4.10. The monoisotopic (exact) mass is 430 g/mol. The number of aromatic nitrogens is 3. The van der Waals surface area contributed by atoms with E-state index in [1.165, 1.54) is 52.6 Å². The molecule has 0 saturated heterocycles. The number of nitrogens with zero attached hydrogens (tertiary/aromatic N) is 3. The molecule has 0 spiro atoms. The van der Waals surface area contributed by atoms with Gasteiger partial charge in [0.1, 0.15) is 5.82 Å². The number of hydrogen-bond acceptors (Lipinski definition) is 7.